The highest BCUT2D eigenvalue weighted by molar-refractivity contribution is 6.34. The average Bonchev–Trinajstić information content (AvgIpc) is 2.99. The molecule has 0 saturated carbocycles. The summed E-state index contributed by atoms with van der Waals surface area (Å²) in [5.41, 5.74) is 1.93. The molecule has 6 nitrogen and oxygen atoms in total. The lowest BCUT2D eigenvalue weighted by molar-refractivity contribution is -0.0895. The van der Waals surface area contributed by atoms with Crippen LogP contribution in [-0.4, -0.2) is 40.4 Å². The summed E-state index contributed by atoms with van der Waals surface area (Å²) in [6.45, 7) is 5.34. The molecule has 2 aromatic rings. The van der Waals surface area contributed by atoms with Crippen LogP contribution in [0.1, 0.15) is 18.1 Å². The summed E-state index contributed by atoms with van der Waals surface area (Å²) < 4.78 is 7.67. The minimum Gasteiger partial charge on any atom is -0.367 e. The normalized spacial score (nSPS) is 20.9. The van der Waals surface area contributed by atoms with E-state index in [0.29, 0.717) is 30.4 Å². The molecule has 0 unspecified atom stereocenters. The van der Waals surface area contributed by atoms with E-state index in [-0.39, 0.29) is 6.03 Å². The molecule has 1 atom stereocenters. The van der Waals surface area contributed by atoms with Gasteiger partial charge in [0.1, 0.15) is 5.60 Å². The maximum atomic E-state index is 12.6. The number of hydrogen-bond donors (Lipinski definition) is 1. The summed E-state index contributed by atoms with van der Waals surface area (Å²) in [6.07, 6.45) is 3.69. The number of aryl methyl sites for hydroxylation is 2. The van der Waals surface area contributed by atoms with Crippen LogP contribution in [0.5, 0.6) is 0 Å². The average molecular weight is 349 g/mol. The first-order chi connectivity index (χ1) is 11.4. The van der Waals surface area contributed by atoms with E-state index in [1.54, 1.807) is 21.8 Å². The molecule has 7 heteroatoms. The molecule has 0 bridgehead atoms. The summed E-state index contributed by atoms with van der Waals surface area (Å²) >= 11 is 6.26. The smallest absolute Gasteiger partial charge is 0.322 e. The number of carbonyl (C=O) groups is 1. The van der Waals surface area contributed by atoms with Crippen LogP contribution in [0.25, 0.3) is 0 Å². The molecule has 1 aliphatic rings. The maximum absolute atomic E-state index is 12.6. The number of anilines is 1. The molecular formula is C17H21ClN4O2. The van der Waals surface area contributed by atoms with E-state index in [2.05, 4.69) is 10.4 Å². The summed E-state index contributed by atoms with van der Waals surface area (Å²) in [5.74, 6) is 0. The van der Waals surface area contributed by atoms with Crippen molar-refractivity contribution in [2.75, 3.05) is 25.0 Å². The number of carbonyl (C=O) groups excluding carboxylic acids is 1. The SMILES string of the molecule is Cc1cccc(NC(=O)N2CCO[C@@](C)(c3cnn(C)c3)C2)c1Cl. The van der Waals surface area contributed by atoms with Gasteiger partial charge in [0.05, 0.1) is 30.1 Å². The first-order valence-corrected chi connectivity index (χ1v) is 8.21. The topological polar surface area (TPSA) is 59.4 Å². The molecular weight excluding hydrogens is 328 g/mol. The molecule has 3 rings (SSSR count). The minimum absolute atomic E-state index is 0.180. The van der Waals surface area contributed by atoms with Gasteiger partial charge in [0, 0.05) is 25.4 Å². The van der Waals surface area contributed by atoms with Crippen LogP contribution in [0.4, 0.5) is 10.5 Å². The molecule has 0 spiro atoms. The Morgan fingerprint density at radius 1 is 1.46 bits per heavy atom. The first kappa shape index (κ1) is 16.8. The Balaban J connectivity index is 1.74. The standard InChI is InChI=1S/C17H21ClN4O2/c1-12-5-4-6-14(15(12)18)20-16(23)22-7-8-24-17(2,11-22)13-9-19-21(3)10-13/h4-6,9-10H,7-8,11H2,1-3H3,(H,20,23)/t17-/m1/s1. The third-order valence-electron chi connectivity index (χ3n) is 4.31. The Labute approximate surface area is 146 Å². The van der Waals surface area contributed by atoms with Crippen molar-refractivity contribution >= 4 is 23.3 Å². The van der Waals surface area contributed by atoms with Crippen molar-refractivity contribution in [2.45, 2.75) is 19.4 Å². The fraction of sp³-hybridized carbons (Fsp3) is 0.412. The van der Waals surface area contributed by atoms with Crippen molar-refractivity contribution in [1.29, 1.82) is 0 Å². The molecule has 0 radical (unpaired) electrons. The van der Waals surface area contributed by atoms with Gasteiger partial charge in [-0.2, -0.15) is 5.10 Å². The van der Waals surface area contributed by atoms with Gasteiger partial charge in [-0.05, 0) is 25.5 Å². The Bertz CT molecular complexity index is 761. The number of morpholine rings is 1. The number of nitrogens with one attached hydrogen (secondary N) is 1. The zero-order valence-electron chi connectivity index (χ0n) is 14.0. The third kappa shape index (κ3) is 3.25. The van der Waals surface area contributed by atoms with Crippen molar-refractivity contribution in [1.82, 2.24) is 14.7 Å². The number of ether oxygens (including phenoxy) is 1. The lowest BCUT2D eigenvalue weighted by Gasteiger charge is -2.40. The van der Waals surface area contributed by atoms with Gasteiger partial charge in [-0.1, -0.05) is 23.7 Å². The van der Waals surface area contributed by atoms with E-state index >= 15 is 0 Å². The van der Waals surface area contributed by atoms with Gasteiger partial charge >= 0.3 is 6.03 Å². The Morgan fingerprint density at radius 3 is 2.96 bits per heavy atom. The Morgan fingerprint density at radius 2 is 2.25 bits per heavy atom. The molecule has 128 valence electrons. The van der Waals surface area contributed by atoms with E-state index < -0.39 is 5.60 Å². The highest BCUT2D eigenvalue weighted by atomic mass is 35.5. The predicted molar refractivity (Wildman–Crippen MR) is 93.3 cm³/mol. The monoisotopic (exact) mass is 348 g/mol. The van der Waals surface area contributed by atoms with Crippen molar-refractivity contribution in [3.8, 4) is 0 Å². The number of hydrogen-bond acceptors (Lipinski definition) is 3. The van der Waals surface area contributed by atoms with Crippen LogP contribution in [0.15, 0.2) is 30.6 Å². The molecule has 24 heavy (non-hydrogen) atoms. The van der Waals surface area contributed by atoms with Gasteiger partial charge in [-0.3, -0.25) is 4.68 Å². The maximum Gasteiger partial charge on any atom is 0.322 e. The summed E-state index contributed by atoms with van der Waals surface area (Å²) in [7, 11) is 1.86. The van der Waals surface area contributed by atoms with E-state index in [9.17, 15) is 4.79 Å². The van der Waals surface area contributed by atoms with Crippen molar-refractivity contribution in [2.24, 2.45) is 7.05 Å². The molecule has 1 aromatic heterocycles. The zero-order valence-corrected chi connectivity index (χ0v) is 14.8. The fourth-order valence-corrected chi connectivity index (χ4v) is 3.02. The van der Waals surface area contributed by atoms with Crippen LogP contribution in [0.2, 0.25) is 5.02 Å². The Kier molecular flexibility index (Phi) is 4.51. The first-order valence-electron chi connectivity index (χ1n) is 7.83. The van der Waals surface area contributed by atoms with Crippen LogP contribution in [0, 0.1) is 6.92 Å². The quantitative estimate of drug-likeness (QED) is 0.906. The van der Waals surface area contributed by atoms with Gasteiger partial charge in [0.25, 0.3) is 0 Å². The zero-order chi connectivity index (χ0) is 17.3. The highest BCUT2D eigenvalue weighted by Gasteiger charge is 2.36. The molecule has 0 aliphatic carbocycles. The van der Waals surface area contributed by atoms with Crippen LogP contribution in [0.3, 0.4) is 0 Å². The summed E-state index contributed by atoms with van der Waals surface area (Å²) in [6, 6.07) is 5.40. The van der Waals surface area contributed by atoms with E-state index in [0.717, 1.165) is 11.1 Å². The second kappa shape index (κ2) is 6.45. The van der Waals surface area contributed by atoms with Gasteiger partial charge < -0.3 is 15.0 Å². The van der Waals surface area contributed by atoms with Crippen molar-refractivity contribution in [3.63, 3.8) is 0 Å². The predicted octanol–water partition coefficient (Wildman–Crippen LogP) is 3.16. The molecule has 2 heterocycles. The van der Waals surface area contributed by atoms with Crippen LogP contribution < -0.4 is 5.32 Å². The number of amides is 2. The van der Waals surface area contributed by atoms with Gasteiger partial charge in [0.15, 0.2) is 0 Å². The number of urea groups is 1. The van der Waals surface area contributed by atoms with Gasteiger partial charge in [0.2, 0.25) is 0 Å². The second-order valence-corrected chi connectivity index (χ2v) is 6.65. The lowest BCUT2D eigenvalue weighted by atomic mass is 9.97. The highest BCUT2D eigenvalue weighted by Crippen LogP contribution is 2.30. The third-order valence-corrected chi connectivity index (χ3v) is 4.81. The molecule has 1 saturated heterocycles. The molecule has 1 fully saturated rings. The van der Waals surface area contributed by atoms with Crippen LogP contribution >= 0.6 is 11.6 Å². The lowest BCUT2D eigenvalue weighted by Crippen LogP contribution is -2.51. The summed E-state index contributed by atoms with van der Waals surface area (Å²) in [5, 5.41) is 7.65. The van der Waals surface area contributed by atoms with E-state index in [1.807, 2.05) is 39.2 Å². The Hall–Kier alpha value is -2.05. The van der Waals surface area contributed by atoms with E-state index in [4.69, 9.17) is 16.3 Å². The number of halogens is 1. The fourth-order valence-electron chi connectivity index (χ4n) is 2.85. The minimum atomic E-state index is -0.569. The number of nitrogens with zero attached hydrogens (tertiary/aromatic N) is 3. The molecule has 1 aliphatic heterocycles. The largest absolute Gasteiger partial charge is 0.367 e. The van der Waals surface area contributed by atoms with Crippen molar-refractivity contribution < 1.29 is 9.53 Å². The molecule has 2 amide bonds. The number of aromatic nitrogens is 2. The van der Waals surface area contributed by atoms with Gasteiger partial charge in [-0.15, -0.1) is 0 Å². The summed E-state index contributed by atoms with van der Waals surface area (Å²) in [4.78, 5) is 14.4. The van der Waals surface area contributed by atoms with Gasteiger partial charge in [-0.25, -0.2) is 4.79 Å². The van der Waals surface area contributed by atoms with Crippen LogP contribution in [-0.2, 0) is 17.4 Å². The van der Waals surface area contributed by atoms with E-state index in [1.165, 1.54) is 0 Å². The number of rotatable bonds is 2. The van der Waals surface area contributed by atoms with Crippen molar-refractivity contribution in [3.05, 3.63) is 46.7 Å². The molecule has 1 N–H and O–H groups in total. The number of benzene rings is 1. The second-order valence-electron chi connectivity index (χ2n) is 6.27. The molecule has 1 aromatic carbocycles.